The molecule has 1 saturated heterocycles. The van der Waals surface area contributed by atoms with Crippen molar-refractivity contribution in [3.8, 4) is 0 Å². The predicted octanol–water partition coefficient (Wildman–Crippen LogP) is -0.936. The first-order valence-corrected chi connectivity index (χ1v) is 4.45. The minimum Gasteiger partial charge on any atom is -0.490 e. The van der Waals surface area contributed by atoms with Crippen molar-refractivity contribution in [1.29, 1.82) is 0 Å². The lowest BCUT2D eigenvalue weighted by atomic mass is 10.1. The Balaban J connectivity index is 2.56. The molecule has 0 aromatic carbocycles. The number of aliphatic hydroxyl groups is 1. The minimum absolute atomic E-state index is 0.249. The average Bonchev–Trinajstić information content (AvgIpc) is 2.47. The van der Waals surface area contributed by atoms with Gasteiger partial charge in [0.05, 0.1) is 0 Å². The molecule has 0 spiro atoms. The maximum absolute atomic E-state index is 13.6. The molecule has 0 bridgehead atoms. The van der Waals surface area contributed by atoms with Crippen LogP contribution in [0.3, 0.4) is 0 Å². The molecule has 1 aromatic heterocycles. The van der Waals surface area contributed by atoms with Crippen molar-refractivity contribution in [2.45, 2.75) is 11.9 Å². The summed E-state index contributed by atoms with van der Waals surface area (Å²) in [6, 6.07) is 1.01. The van der Waals surface area contributed by atoms with Crippen LogP contribution >= 0.6 is 0 Å². The fourth-order valence-electron chi connectivity index (χ4n) is 1.52. The van der Waals surface area contributed by atoms with Gasteiger partial charge in [-0.05, 0) is 0 Å². The number of halogens is 1. The first-order valence-electron chi connectivity index (χ1n) is 4.45. The molecule has 0 saturated carbocycles. The summed E-state index contributed by atoms with van der Waals surface area (Å²) in [6.45, 7) is 2.83. The van der Waals surface area contributed by atoms with Gasteiger partial charge >= 0.3 is 5.69 Å². The van der Waals surface area contributed by atoms with Gasteiger partial charge in [-0.1, -0.05) is 6.58 Å². The van der Waals surface area contributed by atoms with Crippen LogP contribution in [0.15, 0.2) is 34.2 Å². The molecular weight excluding hydrogens is 219 g/mol. The van der Waals surface area contributed by atoms with Crippen LogP contribution in [0.5, 0.6) is 0 Å². The van der Waals surface area contributed by atoms with Gasteiger partial charge in [0.15, 0.2) is 0 Å². The molecule has 2 rings (SSSR count). The van der Waals surface area contributed by atoms with E-state index in [0.717, 1.165) is 12.3 Å². The van der Waals surface area contributed by atoms with E-state index in [-0.39, 0.29) is 5.76 Å². The molecule has 7 heteroatoms. The normalized spacial score (nSPS) is 29.1. The van der Waals surface area contributed by atoms with E-state index in [9.17, 15) is 19.1 Å². The van der Waals surface area contributed by atoms with E-state index in [1.807, 2.05) is 4.98 Å². The monoisotopic (exact) mass is 228 g/mol. The lowest BCUT2D eigenvalue weighted by Crippen LogP contribution is -2.49. The molecule has 16 heavy (non-hydrogen) atoms. The van der Waals surface area contributed by atoms with Crippen molar-refractivity contribution in [2.24, 2.45) is 0 Å². The Morgan fingerprint density at radius 1 is 1.69 bits per heavy atom. The summed E-state index contributed by atoms with van der Waals surface area (Å²) in [7, 11) is 0. The molecule has 2 N–H and O–H groups in total. The Kier molecular flexibility index (Phi) is 2.20. The molecule has 2 atom stereocenters. The fraction of sp³-hybridized carbons (Fsp3) is 0.333. The quantitative estimate of drug-likeness (QED) is 0.650. The van der Waals surface area contributed by atoms with E-state index < -0.39 is 29.8 Å². The summed E-state index contributed by atoms with van der Waals surface area (Å²) < 4.78 is 19.0. The number of alkyl halides is 1. The van der Waals surface area contributed by atoms with Crippen molar-refractivity contribution < 1.29 is 14.2 Å². The van der Waals surface area contributed by atoms with E-state index in [0.29, 0.717) is 4.57 Å². The molecule has 1 aliphatic heterocycles. The number of nitrogens with one attached hydrogen (secondary N) is 1. The summed E-state index contributed by atoms with van der Waals surface area (Å²) in [5.74, 6) is -0.249. The third kappa shape index (κ3) is 1.36. The molecule has 6 nitrogen and oxygen atoms in total. The van der Waals surface area contributed by atoms with Gasteiger partial charge in [0.25, 0.3) is 5.56 Å². The summed E-state index contributed by atoms with van der Waals surface area (Å²) >= 11 is 0. The highest BCUT2D eigenvalue weighted by Gasteiger charge is 2.49. The van der Waals surface area contributed by atoms with E-state index >= 15 is 0 Å². The molecular formula is C9H9FN2O4. The van der Waals surface area contributed by atoms with Gasteiger partial charge in [-0.3, -0.25) is 14.3 Å². The zero-order valence-electron chi connectivity index (χ0n) is 8.14. The van der Waals surface area contributed by atoms with Crippen molar-refractivity contribution >= 4 is 0 Å². The zero-order chi connectivity index (χ0) is 11.9. The first kappa shape index (κ1) is 10.6. The van der Waals surface area contributed by atoms with Crippen LogP contribution in [0.4, 0.5) is 4.39 Å². The Morgan fingerprint density at radius 2 is 2.38 bits per heavy atom. The number of hydrogen-bond acceptors (Lipinski definition) is 4. The molecule has 1 fully saturated rings. The third-order valence-electron chi connectivity index (χ3n) is 2.40. The second-order valence-corrected chi connectivity index (χ2v) is 3.48. The van der Waals surface area contributed by atoms with Crippen LogP contribution in [0.1, 0.15) is 0 Å². The van der Waals surface area contributed by atoms with E-state index in [1.54, 1.807) is 0 Å². The second kappa shape index (κ2) is 3.31. The third-order valence-corrected chi connectivity index (χ3v) is 2.40. The van der Waals surface area contributed by atoms with Gasteiger partial charge in [0.2, 0.25) is 11.9 Å². The van der Waals surface area contributed by atoms with Crippen LogP contribution in [-0.4, -0.2) is 27.4 Å². The molecule has 0 amide bonds. The van der Waals surface area contributed by atoms with Gasteiger partial charge in [-0.25, -0.2) is 9.18 Å². The van der Waals surface area contributed by atoms with E-state index in [4.69, 9.17) is 4.74 Å². The number of rotatable bonds is 1. The molecule has 0 unspecified atom stereocenters. The maximum atomic E-state index is 13.6. The standard InChI is InChI=1S/C9H9FN2O4/c1-5-7(10)9(15,4-16-5)12-3-2-6(13)11-8(12)14/h2-3,7,15H,1,4H2,(H,11,13,14)/t7-,9-/m1/s1. The SMILES string of the molecule is C=C1OC[C@](O)(n2ccc(=O)[nH]c2=O)[C@@H]1F. The van der Waals surface area contributed by atoms with E-state index in [2.05, 4.69) is 6.58 Å². The fourth-order valence-corrected chi connectivity index (χ4v) is 1.52. The molecule has 1 aromatic rings. The lowest BCUT2D eigenvalue weighted by molar-refractivity contribution is -0.0833. The van der Waals surface area contributed by atoms with Gasteiger partial charge in [0, 0.05) is 12.3 Å². The molecule has 86 valence electrons. The maximum Gasteiger partial charge on any atom is 0.330 e. The molecule has 0 radical (unpaired) electrons. The Labute approximate surface area is 88.6 Å². The van der Waals surface area contributed by atoms with Gasteiger partial charge in [0.1, 0.15) is 12.4 Å². The van der Waals surface area contributed by atoms with Crippen LogP contribution in [0, 0.1) is 0 Å². The van der Waals surface area contributed by atoms with Crippen LogP contribution in [0.25, 0.3) is 0 Å². The number of H-pyrrole nitrogens is 1. The smallest absolute Gasteiger partial charge is 0.330 e. The van der Waals surface area contributed by atoms with Crippen LogP contribution < -0.4 is 11.2 Å². The van der Waals surface area contributed by atoms with Crippen molar-refractivity contribution in [2.75, 3.05) is 6.61 Å². The van der Waals surface area contributed by atoms with Gasteiger partial charge < -0.3 is 9.84 Å². The topological polar surface area (TPSA) is 84.3 Å². The zero-order valence-corrected chi connectivity index (χ0v) is 8.14. The largest absolute Gasteiger partial charge is 0.490 e. The summed E-state index contributed by atoms with van der Waals surface area (Å²) in [5.41, 5.74) is -3.69. The van der Waals surface area contributed by atoms with Crippen LogP contribution in [-0.2, 0) is 10.5 Å². The number of aromatic amines is 1. The number of nitrogens with zero attached hydrogens (tertiary/aromatic N) is 1. The average molecular weight is 228 g/mol. The Hall–Kier alpha value is -1.89. The highest BCUT2D eigenvalue weighted by molar-refractivity contribution is 5.08. The van der Waals surface area contributed by atoms with E-state index in [1.165, 1.54) is 0 Å². The summed E-state index contributed by atoms with van der Waals surface area (Å²) in [6.07, 6.45) is -0.911. The lowest BCUT2D eigenvalue weighted by Gasteiger charge is -2.23. The molecule has 1 aliphatic rings. The first-order chi connectivity index (χ1) is 7.45. The van der Waals surface area contributed by atoms with Gasteiger partial charge in [-0.15, -0.1) is 0 Å². The second-order valence-electron chi connectivity index (χ2n) is 3.48. The Morgan fingerprint density at radius 3 is 2.88 bits per heavy atom. The van der Waals surface area contributed by atoms with Crippen LogP contribution in [0.2, 0.25) is 0 Å². The number of ether oxygens (including phenoxy) is 1. The highest BCUT2D eigenvalue weighted by Crippen LogP contribution is 2.32. The number of hydrogen-bond donors (Lipinski definition) is 2. The summed E-state index contributed by atoms with van der Waals surface area (Å²) in [4.78, 5) is 24.1. The number of aromatic nitrogens is 2. The Bertz CT molecular complexity index is 549. The highest BCUT2D eigenvalue weighted by atomic mass is 19.1. The van der Waals surface area contributed by atoms with Gasteiger partial charge in [-0.2, -0.15) is 0 Å². The molecule has 0 aliphatic carbocycles. The van der Waals surface area contributed by atoms with Crippen molar-refractivity contribution in [1.82, 2.24) is 9.55 Å². The predicted molar refractivity (Wildman–Crippen MR) is 51.5 cm³/mol. The summed E-state index contributed by atoms with van der Waals surface area (Å²) in [5, 5.41) is 9.95. The molecule has 2 heterocycles. The van der Waals surface area contributed by atoms with Crippen molar-refractivity contribution in [3.05, 3.63) is 45.4 Å². The van der Waals surface area contributed by atoms with Crippen molar-refractivity contribution in [3.63, 3.8) is 0 Å². The minimum atomic E-state index is -2.15.